The molecular formula is C26H26ClN3O2. The summed E-state index contributed by atoms with van der Waals surface area (Å²) in [6, 6.07) is 14.3. The third-order valence-electron chi connectivity index (χ3n) is 6.53. The van der Waals surface area contributed by atoms with Crippen molar-refractivity contribution in [2.45, 2.75) is 44.7 Å². The first-order chi connectivity index (χ1) is 15.5. The fourth-order valence-electron chi connectivity index (χ4n) is 5.00. The summed E-state index contributed by atoms with van der Waals surface area (Å²) in [5.74, 6) is 0.882. The normalized spacial score (nSPS) is 21.8. The molecule has 5 nitrogen and oxygen atoms in total. The smallest absolute Gasteiger partial charge is 0.250 e. The lowest BCUT2D eigenvalue weighted by atomic mass is 9.95. The van der Waals surface area contributed by atoms with E-state index in [1.54, 1.807) is 13.4 Å². The number of fused-ring (bicyclic) bond motifs is 1. The molecule has 6 heteroatoms. The summed E-state index contributed by atoms with van der Waals surface area (Å²) in [5, 5.41) is 0.714. The highest BCUT2D eigenvalue weighted by Gasteiger charge is 2.41. The van der Waals surface area contributed by atoms with Gasteiger partial charge in [0.25, 0.3) is 5.91 Å². The van der Waals surface area contributed by atoms with Gasteiger partial charge in [-0.2, -0.15) is 0 Å². The summed E-state index contributed by atoms with van der Waals surface area (Å²) in [6.45, 7) is 1.96. The maximum Gasteiger partial charge on any atom is 0.250 e. The summed E-state index contributed by atoms with van der Waals surface area (Å²) >= 11 is 6.23. The molecule has 2 aliphatic heterocycles. The molecule has 2 aliphatic rings. The summed E-state index contributed by atoms with van der Waals surface area (Å²) in [4.78, 5) is 19.9. The molecule has 0 bridgehead atoms. The van der Waals surface area contributed by atoms with Crippen molar-refractivity contribution in [2.75, 3.05) is 7.11 Å². The standard InChI is InChI=1S/C26H26ClN3O2/c1-17-15-29(16-28-17)24-10-6-18(13-25(24)32-2)12-20-7-8-22-9-11-23(30(22)26(20)31)19-4-3-5-21(27)14-19/h3-6,10,12-16,22-23H,7-9,11H2,1-2H3/t22-,23-/m0/s1. The number of ether oxygens (including phenoxy) is 1. The van der Waals surface area contributed by atoms with E-state index in [1.165, 1.54) is 0 Å². The average Bonchev–Trinajstić information content (AvgIpc) is 3.42. The van der Waals surface area contributed by atoms with Crippen LogP contribution in [0.1, 0.15) is 48.5 Å². The zero-order valence-corrected chi connectivity index (χ0v) is 19.0. The molecule has 2 fully saturated rings. The number of nitrogens with zero attached hydrogens (tertiary/aromatic N) is 3. The SMILES string of the molecule is COc1cc(C=C2CC[C@H]3CC[C@@H](c4cccc(Cl)c4)N3C2=O)ccc1-n1cnc(C)c1. The third-order valence-corrected chi connectivity index (χ3v) is 6.76. The number of hydrogen-bond acceptors (Lipinski definition) is 3. The number of amides is 1. The molecule has 3 heterocycles. The minimum absolute atomic E-state index is 0.0938. The Balaban J connectivity index is 1.44. The largest absolute Gasteiger partial charge is 0.495 e. The van der Waals surface area contributed by atoms with Gasteiger partial charge < -0.3 is 14.2 Å². The number of rotatable bonds is 4. The minimum Gasteiger partial charge on any atom is -0.495 e. The molecule has 0 spiro atoms. The van der Waals surface area contributed by atoms with Gasteiger partial charge in [-0.3, -0.25) is 4.79 Å². The Bertz CT molecular complexity index is 1200. The maximum atomic E-state index is 13.5. The second-order valence-corrected chi connectivity index (χ2v) is 9.01. The van der Waals surface area contributed by atoms with Gasteiger partial charge in [0, 0.05) is 22.8 Å². The number of aryl methyl sites for hydroxylation is 1. The number of carbonyl (C=O) groups excluding carboxylic acids is 1. The van der Waals surface area contributed by atoms with Gasteiger partial charge in [0.05, 0.1) is 30.9 Å². The van der Waals surface area contributed by atoms with Crippen molar-refractivity contribution < 1.29 is 9.53 Å². The van der Waals surface area contributed by atoms with Crippen molar-refractivity contribution in [3.63, 3.8) is 0 Å². The molecule has 2 aromatic carbocycles. The lowest BCUT2D eigenvalue weighted by Crippen LogP contribution is -2.41. The molecule has 0 unspecified atom stereocenters. The Morgan fingerprint density at radius 3 is 2.78 bits per heavy atom. The van der Waals surface area contributed by atoms with Crippen LogP contribution in [0, 0.1) is 6.92 Å². The quantitative estimate of drug-likeness (QED) is 0.478. The van der Waals surface area contributed by atoms with Crippen molar-refractivity contribution in [1.82, 2.24) is 14.5 Å². The van der Waals surface area contributed by atoms with E-state index in [2.05, 4.69) is 16.0 Å². The molecule has 2 atom stereocenters. The number of piperidine rings is 1. The molecule has 32 heavy (non-hydrogen) atoms. The van der Waals surface area contributed by atoms with Crippen molar-refractivity contribution >= 4 is 23.6 Å². The van der Waals surface area contributed by atoms with Crippen LogP contribution in [0.2, 0.25) is 5.02 Å². The van der Waals surface area contributed by atoms with E-state index in [0.29, 0.717) is 11.1 Å². The van der Waals surface area contributed by atoms with Gasteiger partial charge in [-0.25, -0.2) is 4.98 Å². The lowest BCUT2D eigenvalue weighted by Gasteiger charge is -2.35. The molecule has 3 aromatic rings. The van der Waals surface area contributed by atoms with Crippen LogP contribution < -0.4 is 4.74 Å². The number of halogens is 1. The zero-order valence-electron chi connectivity index (χ0n) is 18.3. The Hall–Kier alpha value is -3.05. The molecule has 1 amide bonds. The highest BCUT2D eigenvalue weighted by atomic mass is 35.5. The van der Waals surface area contributed by atoms with Gasteiger partial charge >= 0.3 is 0 Å². The van der Waals surface area contributed by atoms with E-state index >= 15 is 0 Å². The summed E-state index contributed by atoms with van der Waals surface area (Å²) < 4.78 is 7.58. The first-order valence-corrected chi connectivity index (χ1v) is 11.4. The molecule has 0 aliphatic carbocycles. The Kier molecular flexibility index (Phi) is 5.51. The first kappa shape index (κ1) is 20.8. The average molecular weight is 448 g/mol. The lowest BCUT2D eigenvalue weighted by molar-refractivity contribution is -0.131. The van der Waals surface area contributed by atoms with Gasteiger partial charge in [-0.05, 0) is 74.1 Å². The van der Waals surface area contributed by atoms with Gasteiger partial charge in [-0.1, -0.05) is 29.8 Å². The summed E-state index contributed by atoms with van der Waals surface area (Å²) in [6.07, 6.45) is 9.58. The molecule has 1 aromatic heterocycles. The molecule has 2 saturated heterocycles. The summed E-state index contributed by atoms with van der Waals surface area (Å²) in [7, 11) is 1.66. The molecule has 164 valence electrons. The topological polar surface area (TPSA) is 47.4 Å². The van der Waals surface area contributed by atoms with Crippen molar-refractivity contribution in [3.05, 3.63) is 82.4 Å². The van der Waals surface area contributed by atoms with E-state index < -0.39 is 0 Å². The van der Waals surface area contributed by atoms with Gasteiger partial charge in [0.1, 0.15) is 5.75 Å². The van der Waals surface area contributed by atoms with Gasteiger partial charge in [0.2, 0.25) is 0 Å². The highest BCUT2D eigenvalue weighted by molar-refractivity contribution is 6.30. The minimum atomic E-state index is 0.0938. The fraction of sp³-hybridized carbons (Fsp3) is 0.308. The number of carbonyl (C=O) groups is 1. The molecule has 5 rings (SSSR count). The number of methoxy groups -OCH3 is 1. The Morgan fingerprint density at radius 2 is 2.03 bits per heavy atom. The third kappa shape index (κ3) is 3.82. The second kappa shape index (κ2) is 8.47. The number of imidazole rings is 1. The summed E-state index contributed by atoms with van der Waals surface area (Å²) in [5.41, 5.74) is 4.80. The van der Waals surface area contributed by atoms with Gasteiger partial charge in [0.15, 0.2) is 0 Å². The highest BCUT2D eigenvalue weighted by Crippen LogP contribution is 2.43. The van der Waals surface area contributed by atoms with E-state index in [1.807, 2.05) is 60.2 Å². The maximum absolute atomic E-state index is 13.5. The van der Waals surface area contributed by atoms with Crippen LogP contribution >= 0.6 is 11.6 Å². The van der Waals surface area contributed by atoms with Gasteiger partial charge in [-0.15, -0.1) is 0 Å². The predicted molar refractivity (Wildman–Crippen MR) is 126 cm³/mol. The number of hydrogen-bond donors (Lipinski definition) is 0. The van der Waals surface area contributed by atoms with Crippen molar-refractivity contribution in [3.8, 4) is 11.4 Å². The predicted octanol–water partition coefficient (Wildman–Crippen LogP) is 5.75. The van der Waals surface area contributed by atoms with Crippen LogP contribution in [0.15, 0.2) is 60.6 Å². The number of aromatic nitrogens is 2. The monoisotopic (exact) mass is 447 g/mol. The zero-order chi connectivity index (χ0) is 22.2. The fourth-order valence-corrected chi connectivity index (χ4v) is 5.19. The first-order valence-electron chi connectivity index (χ1n) is 11.0. The van der Waals surface area contributed by atoms with Crippen LogP contribution in [0.4, 0.5) is 0 Å². The number of benzene rings is 2. The second-order valence-electron chi connectivity index (χ2n) is 8.58. The van der Waals surface area contributed by atoms with Crippen molar-refractivity contribution in [2.24, 2.45) is 0 Å². The van der Waals surface area contributed by atoms with E-state index in [-0.39, 0.29) is 11.9 Å². The van der Waals surface area contributed by atoms with Crippen LogP contribution in [0.5, 0.6) is 5.75 Å². The molecule has 0 radical (unpaired) electrons. The van der Waals surface area contributed by atoms with Crippen LogP contribution in [0.3, 0.4) is 0 Å². The van der Waals surface area contributed by atoms with Crippen LogP contribution in [0.25, 0.3) is 11.8 Å². The Morgan fingerprint density at radius 1 is 1.16 bits per heavy atom. The van der Waals surface area contributed by atoms with E-state index in [4.69, 9.17) is 16.3 Å². The molecular weight excluding hydrogens is 422 g/mol. The van der Waals surface area contributed by atoms with Crippen LogP contribution in [-0.2, 0) is 4.79 Å². The van der Waals surface area contributed by atoms with E-state index in [9.17, 15) is 4.79 Å². The van der Waals surface area contributed by atoms with Crippen molar-refractivity contribution in [1.29, 1.82) is 0 Å². The van der Waals surface area contributed by atoms with Crippen LogP contribution in [-0.4, -0.2) is 33.5 Å². The van der Waals surface area contributed by atoms with E-state index in [0.717, 1.165) is 59.5 Å². The molecule has 0 saturated carbocycles. The molecule has 0 N–H and O–H groups in total. The Labute approximate surface area is 193 Å².